The standard InChI is InChI=1S/C25H22FN3O3S/c1-25(24(31)27-14-16-6-8-18(26)9-7-16)15-28-21(12-17-10-11-33-23(17)28)22(30)29(25)19-4-3-5-20(13-19)32-2/h3-13H,14-15H2,1-2H3,(H,27,31)/t25-/m0/s1. The van der Waals surface area contributed by atoms with Crippen LogP contribution in [0.2, 0.25) is 0 Å². The molecule has 0 saturated heterocycles. The number of thiophene rings is 1. The van der Waals surface area contributed by atoms with Crippen molar-refractivity contribution in [2.24, 2.45) is 0 Å². The molecule has 0 fully saturated rings. The number of rotatable bonds is 5. The van der Waals surface area contributed by atoms with Crippen LogP contribution >= 0.6 is 11.3 Å². The fourth-order valence-electron chi connectivity index (χ4n) is 4.33. The summed E-state index contributed by atoms with van der Waals surface area (Å²) < 4.78 is 20.5. The Balaban J connectivity index is 1.56. The molecule has 2 amide bonds. The van der Waals surface area contributed by atoms with Crippen molar-refractivity contribution in [3.63, 3.8) is 0 Å². The quantitative estimate of drug-likeness (QED) is 0.471. The SMILES string of the molecule is COc1cccc(N2C(=O)c3cc4ccsc4n3C[C@@]2(C)C(=O)NCc2ccc(F)cc2)c1. The molecule has 4 aromatic rings. The molecule has 1 aliphatic heterocycles. The lowest BCUT2D eigenvalue weighted by molar-refractivity contribution is -0.126. The highest BCUT2D eigenvalue weighted by molar-refractivity contribution is 7.16. The van der Waals surface area contributed by atoms with Crippen LogP contribution in [0.3, 0.4) is 0 Å². The lowest BCUT2D eigenvalue weighted by Crippen LogP contribution is -2.64. The molecular formula is C25H22FN3O3S. The third-order valence-corrected chi connectivity index (χ3v) is 7.00. The number of ether oxygens (including phenoxy) is 1. The number of carbonyl (C=O) groups excluding carboxylic acids is 2. The maximum absolute atomic E-state index is 13.8. The Bertz CT molecular complexity index is 1360. The Morgan fingerprint density at radius 2 is 1.97 bits per heavy atom. The van der Waals surface area contributed by atoms with Gasteiger partial charge in [0, 0.05) is 23.7 Å². The number of nitrogens with one attached hydrogen (secondary N) is 1. The predicted molar refractivity (Wildman–Crippen MR) is 126 cm³/mol. The van der Waals surface area contributed by atoms with Crippen LogP contribution in [0.1, 0.15) is 23.0 Å². The second-order valence-electron chi connectivity index (χ2n) is 8.22. The van der Waals surface area contributed by atoms with Gasteiger partial charge in [-0.1, -0.05) is 18.2 Å². The minimum Gasteiger partial charge on any atom is -0.497 e. The zero-order valence-electron chi connectivity index (χ0n) is 18.2. The third-order valence-electron chi connectivity index (χ3n) is 6.05. The first-order chi connectivity index (χ1) is 15.9. The van der Waals surface area contributed by atoms with Gasteiger partial charge in [-0.2, -0.15) is 0 Å². The van der Waals surface area contributed by atoms with Crippen molar-refractivity contribution in [2.75, 3.05) is 12.0 Å². The van der Waals surface area contributed by atoms with Gasteiger partial charge in [0.05, 0.1) is 13.7 Å². The number of anilines is 1. The van der Waals surface area contributed by atoms with Gasteiger partial charge in [0.15, 0.2) is 0 Å². The van der Waals surface area contributed by atoms with E-state index in [4.69, 9.17) is 4.74 Å². The zero-order valence-corrected chi connectivity index (χ0v) is 19.0. The van der Waals surface area contributed by atoms with E-state index in [-0.39, 0.29) is 24.2 Å². The molecule has 0 radical (unpaired) electrons. The fourth-order valence-corrected chi connectivity index (χ4v) is 5.22. The Morgan fingerprint density at radius 1 is 1.18 bits per heavy atom. The minimum absolute atomic E-state index is 0.224. The normalized spacial score (nSPS) is 17.8. The average Bonchev–Trinajstić information content (AvgIpc) is 3.41. The molecule has 1 N–H and O–H groups in total. The van der Waals surface area contributed by atoms with E-state index < -0.39 is 5.54 Å². The van der Waals surface area contributed by atoms with Crippen molar-refractivity contribution in [1.82, 2.24) is 9.88 Å². The largest absolute Gasteiger partial charge is 0.497 e. The van der Waals surface area contributed by atoms with Crippen LogP contribution in [-0.4, -0.2) is 29.0 Å². The number of nitrogens with zero attached hydrogens (tertiary/aromatic N) is 2. The highest BCUT2D eigenvalue weighted by Crippen LogP contribution is 2.38. The lowest BCUT2D eigenvalue weighted by atomic mass is 9.93. The monoisotopic (exact) mass is 463 g/mol. The van der Waals surface area contributed by atoms with Crippen molar-refractivity contribution in [2.45, 2.75) is 25.6 Å². The van der Waals surface area contributed by atoms with Crippen LogP contribution in [0.5, 0.6) is 5.75 Å². The molecule has 168 valence electrons. The van der Waals surface area contributed by atoms with E-state index in [1.807, 2.05) is 22.1 Å². The van der Waals surface area contributed by atoms with E-state index in [1.54, 1.807) is 66.7 Å². The molecule has 0 bridgehead atoms. The van der Waals surface area contributed by atoms with Crippen LogP contribution < -0.4 is 15.0 Å². The number of benzene rings is 2. The van der Waals surface area contributed by atoms with E-state index in [1.165, 1.54) is 12.1 Å². The summed E-state index contributed by atoms with van der Waals surface area (Å²) in [5.74, 6) is -0.292. The summed E-state index contributed by atoms with van der Waals surface area (Å²) in [5, 5.41) is 5.90. The number of halogens is 1. The highest BCUT2D eigenvalue weighted by Gasteiger charge is 2.48. The van der Waals surface area contributed by atoms with Gasteiger partial charge in [0.25, 0.3) is 5.91 Å². The molecule has 5 rings (SSSR count). The molecule has 1 atom stereocenters. The molecule has 2 aromatic heterocycles. The predicted octanol–water partition coefficient (Wildman–Crippen LogP) is 4.59. The fraction of sp³-hybridized carbons (Fsp3) is 0.200. The third kappa shape index (κ3) is 3.56. The number of amides is 2. The van der Waals surface area contributed by atoms with Gasteiger partial charge in [-0.25, -0.2) is 4.39 Å². The highest BCUT2D eigenvalue weighted by atomic mass is 32.1. The Kier molecular flexibility index (Phi) is 5.17. The molecule has 1 aliphatic rings. The molecule has 0 spiro atoms. The molecule has 0 aliphatic carbocycles. The van der Waals surface area contributed by atoms with Gasteiger partial charge in [-0.3, -0.25) is 14.5 Å². The average molecular weight is 464 g/mol. The molecular weight excluding hydrogens is 441 g/mol. The van der Waals surface area contributed by atoms with Crippen molar-refractivity contribution < 1.29 is 18.7 Å². The van der Waals surface area contributed by atoms with Crippen LogP contribution in [0.15, 0.2) is 66.0 Å². The molecule has 3 heterocycles. The molecule has 8 heteroatoms. The molecule has 0 unspecified atom stereocenters. The zero-order chi connectivity index (χ0) is 23.2. The van der Waals surface area contributed by atoms with Crippen molar-refractivity contribution in [3.05, 3.63) is 83.1 Å². The summed E-state index contributed by atoms with van der Waals surface area (Å²) in [6.07, 6.45) is 0. The second kappa shape index (κ2) is 8.04. The summed E-state index contributed by atoms with van der Waals surface area (Å²) >= 11 is 1.54. The smallest absolute Gasteiger partial charge is 0.275 e. The Labute approximate surface area is 194 Å². The summed E-state index contributed by atoms with van der Waals surface area (Å²) in [5.41, 5.74) is 0.690. The van der Waals surface area contributed by atoms with Gasteiger partial charge in [0.1, 0.15) is 27.6 Å². The first-order valence-corrected chi connectivity index (χ1v) is 11.4. The van der Waals surface area contributed by atoms with Crippen LogP contribution in [-0.2, 0) is 17.9 Å². The van der Waals surface area contributed by atoms with Gasteiger partial charge in [-0.05, 0) is 54.3 Å². The van der Waals surface area contributed by atoms with E-state index >= 15 is 0 Å². The first kappa shape index (κ1) is 21.2. The van der Waals surface area contributed by atoms with Crippen molar-refractivity contribution in [3.8, 4) is 5.75 Å². The molecule has 33 heavy (non-hydrogen) atoms. The van der Waals surface area contributed by atoms with E-state index in [0.29, 0.717) is 23.7 Å². The number of fused-ring (bicyclic) bond motifs is 3. The maximum Gasteiger partial charge on any atom is 0.275 e. The number of methoxy groups -OCH3 is 1. The van der Waals surface area contributed by atoms with E-state index in [9.17, 15) is 14.0 Å². The number of hydrogen-bond acceptors (Lipinski definition) is 4. The van der Waals surface area contributed by atoms with E-state index in [0.717, 1.165) is 15.8 Å². The second-order valence-corrected chi connectivity index (χ2v) is 9.12. The molecule has 6 nitrogen and oxygen atoms in total. The van der Waals surface area contributed by atoms with Gasteiger partial charge in [-0.15, -0.1) is 11.3 Å². The van der Waals surface area contributed by atoms with Gasteiger partial charge >= 0.3 is 0 Å². The number of aromatic nitrogens is 1. The van der Waals surface area contributed by atoms with Crippen LogP contribution in [0.4, 0.5) is 10.1 Å². The summed E-state index contributed by atoms with van der Waals surface area (Å²) in [4.78, 5) is 29.9. The van der Waals surface area contributed by atoms with Gasteiger partial charge < -0.3 is 14.6 Å². The van der Waals surface area contributed by atoms with Crippen LogP contribution in [0, 0.1) is 5.82 Å². The van der Waals surface area contributed by atoms with E-state index in [2.05, 4.69) is 5.32 Å². The van der Waals surface area contributed by atoms with Crippen molar-refractivity contribution >= 4 is 39.1 Å². The Hall–Kier alpha value is -3.65. The number of hydrogen-bond donors (Lipinski definition) is 1. The molecule has 0 saturated carbocycles. The van der Waals surface area contributed by atoms with Crippen molar-refractivity contribution in [1.29, 1.82) is 0 Å². The Morgan fingerprint density at radius 3 is 2.73 bits per heavy atom. The first-order valence-electron chi connectivity index (χ1n) is 10.5. The lowest BCUT2D eigenvalue weighted by Gasteiger charge is -2.44. The summed E-state index contributed by atoms with van der Waals surface area (Å²) in [7, 11) is 1.56. The topological polar surface area (TPSA) is 63.6 Å². The minimum atomic E-state index is -1.20. The number of carbonyl (C=O) groups is 2. The summed E-state index contributed by atoms with van der Waals surface area (Å²) in [6.45, 7) is 2.29. The van der Waals surface area contributed by atoms with Gasteiger partial charge in [0.2, 0.25) is 5.91 Å². The summed E-state index contributed by atoms with van der Waals surface area (Å²) in [6, 6.07) is 17.0. The van der Waals surface area contributed by atoms with Crippen LogP contribution in [0.25, 0.3) is 10.2 Å². The maximum atomic E-state index is 13.8. The molecule has 2 aromatic carbocycles.